The van der Waals surface area contributed by atoms with E-state index in [0.717, 1.165) is 29.8 Å². The Kier molecular flexibility index (Phi) is 7.42. The number of unbranched alkanes of at least 4 members (excludes halogenated alkanes) is 4. The van der Waals surface area contributed by atoms with Gasteiger partial charge in [-0.1, -0.05) is 53.4 Å². The second kappa shape index (κ2) is 8.29. The fraction of sp³-hybridized carbons (Fsp3) is 1.00. The van der Waals surface area contributed by atoms with E-state index in [-0.39, 0.29) is 0 Å². The van der Waals surface area contributed by atoms with Crippen LogP contribution in [0.15, 0.2) is 0 Å². The lowest BCUT2D eigenvalue weighted by Crippen LogP contribution is -2.44. The molecule has 1 rings (SSSR count). The topological polar surface area (TPSA) is 3.24 Å². The van der Waals surface area contributed by atoms with Crippen LogP contribution in [0, 0.1) is 17.8 Å². The lowest BCUT2D eigenvalue weighted by Gasteiger charge is -2.37. The molecule has 0 aromatic carbocycles. The second-order valence-electron chi connectivity index (χ2n) is 7.18. The molecule has 0 N–H and O–H groups in total. The molecule has 0 aromatic rings. The maximum Gasteiger partial charge on any atom is 0.00980 e. The monoisotopic (exact) mass is 267 g/mol. The summed E-state index contributed by atoms with van der Waals surface area (Å²) < 4.78 is 0. The predicted octanol–water partition coefficient (Wildman–Crippen LogP) is 5.35. The summed E-state index contributed by atoms with van der Waals surface area (Å²) in [4.78, 5) is 2.81. The smallest absolute Gasteiger partial charge is 0.00980 e. The summed E-state index contributed by atoms with van der Waals surface area (Å²) in [5.74, 6) is 2.55. The van der Waals surface area contributed by atoms with E-state index in [1.54, 1.807) is 0 Å². The molecule has 1 aliphatic rings. The third-order valence-electron chi connectivity index (χ3n) is 5.79. The summed E-state index contributed by atoms with van der Waals surface area (Å²) in [7, 11) is 0. The van der Waals surface area contributed by atoms with Crippen molar-refractivity contribution >= 4 is 0 Å². The molecule has 19 heavy (non-hydrogen) atoms. The van der Waals surface area contributed by atoms with Gasteiger partial charge in [0.25, 0.3) is 0 Å². The zero-order valence-corrected chi connectivity index (χ0v) is 14.3. The van der Waals surface area contributed by atoms with Crippen LogP contribution in [-0.2, 0) is 0 Å². The summed E-state index contributed by atoms with van der Waals surface area (Å²) >= 11 is 0. The third kappa shape index (κ3) is 4.77. The van der Waals surface area contributed by atoms with Gasteiger partial charge in [-0.2, -0.15) is 0 Å². The quantitative estimate of drug-likeness (QED) is 0.587. The zero-order chi connectivity index (χ0) is 14.4. The molecule has 1 saturated heterocycles. The number of hydrogen-bond donors (Lipinski definition) is 0. The largest absolute Gasteiger partial charge is 0.297 e. The van der Waals surface area contributed by atoms with Gasteiger partial charge >= 0.3 is 0 Å². The molecule has 1 heteroatoms. The molecule has 0 spiro atoms. The molecule has 1 heterocycles. The third-order valence-corrected chi connectivity index (χ3v) is 5.79. The summed E-state index contributed by atoms with van der Waals surface area (Å²) in [5, 5.41) is 0. The van der Waals surface area contributed by atoms with Crippen LogP contribution in [0.5, 0.6) is 0 Å². The van der Waals surface area contributed by atoms with Gasteiger partial charge in [0.1, 0.15) is 0 Å². The molecule has 1 aliphatic heterocycles. The average Bonchev–Trinajstić information content (AvgIpc) is 2.45. The van der Waals surface area contributed by atoms with Gasteiger partial charge in [0.15, 0.2) is 0 Å². The lowest BCUT2D eigenvalue weighted by molar-refractivity contribution is 0.103. The Labute approximate surface area is 122 Å². The molecule has 0 radical (unpaired) electrons. The lowest BCUT2D eigenvalue weighted by atomic mass is 9.85. The predicted molar refractivity (Wildman–Crippen MR) is 86.5 cm³/mol. The van der Waals surface area contributed by atoms with E-state index in [2.05, 4.69) is 46.4 Å². The van der Waals surface area contributed by atoms with Crippen molar-refractivity contribution in [2.24, 2.45) is 17.8 Å². The van der Waals surface area contributed by atoms with Crippen LogP contribution in [0.25, 0.3) is 0 Å². The molecule has 1 nitrogen and oxygen atoms in total. The first-order valence-electron chi connectivity index (χ1n) is 8.74. The van der Waals surface area contributed by atoms with Gasteiger partial charge < -0.3 is 0 Å². The first kappa shape index (κ1) is 17.0. The van der Waals surface area contributed by atoms with E-state index in [9.17, 15) is 0 Å². The molecular formula is C18H37N. The maximum absolute atomic E-state index is 2.81. The van der Waals surface area contributed by atoms with Gasteiger partial charge in [-0.05, 0) is 51.0 Å². The van der Waals surface area contributed by atoms with Crippen molar-refractivity contribution in [2.75, 3.05) is 6.54 Å². The number of nitrogens with zero attached hydrogens (tertiary/aromatic N) is 1. The van der Waals surface area contributed by atoms with Gasteiger partial charge in [-0.3, -0.25) is 4.90 Å². The Bertz CT molecular complexity index is 238. The summed E-state index contributed by atoms with van der Waals surface area (Å²) in [5.41, 5.74) is 0. The summed E-state index contributed by atoms with van der Waals surface area (Å²) in [6.07, 6.45) is 8.40. The minimum Gasteiger partial charge on any atom is -0.297 e. The van der Waals surface area contributed by atoms with Gasteiger partial charge in [0, 0.05) is 12.1 Å². The molecule has 5 atom stereocenters. The van der Waals surface area contributed by atoms with Crippen LogP contribution >= 0.6 is 0 Å². The Morgan fingerprint density at radius 2 is 1.42 bits per heavy atom. The van der Waals surface area contributed by atoms with Crippen molar-refractivity contribution in [3.8, 4) is 0 Å². The SMILES string of the molecule is CCCCCCCN1C(C)C(C)CC(C)C(C)C1C. The average molecular weight is 268 g/mol. The Morgan fingerprint density at radius 3 is 2.05 bits per heavy atom. The van der Waals surface area contributed by atoms with Crippen molar-refractivity contribution in [1.29, 1.82) is 0 Å². The highest BCUT2D eigenvalue weighted by Gasteiger charge is 2.34. The van der Waals surface area contributed by atoms with Crippen molar-refractivity contribution in [2.45, 2.75) is 92.2 Å². The summed E-state index contributed by atoms with van der Waals surface area (Å²) in [6, 6.07) is 1.51. The van der Waals surface area contributed by atoms with Crippen LogP contribution in [0.4, 0.5) is 0 Å². The molecule has 5 unspecified atom stereocenters. The Morgan fingerprint density at radius 1 is 0.789 bits per heavy atom. The van der Waals surface area contributed by atoms with E-state index in [0.29, 0.717) is 0 Å². The van der Waals surface area contributed by atoms with Gasteiger partial charge in [0.05, 0.1) is 0 Å². The highest BCUT2D eigenvalue weighted by atomic mass is 15.2. The Balaban J connectivity index is 2.51. The molecule has 114 valence electrons. The fourth-order valence-corrected chi connectivity index (χ4v) is 3.78. The van der Waals surface area contributed by atoms with E-state index in [4.69, 9.17) is 0 Å². The number of likely N-dealkylation sites (tertiary alicyclic amines) is 1. The van der Waals surface area contributed by atoms with Gasteiger partial charge in [-0.25, -0.2) is 0 Å². The number of rotatable bonds is 6. The molecule has 0 saturated carbocycles. The first-order chi connectivity index (χ1) is 8.99. The highest BCUT2D eigenvalue weighted by Crippen LogP contribution is 2.34. The molecular weight excluding hydrogens is 230 g/mol. The van der Waals surface area contributed by atoms with Crippen molar-refractivity contribution in [1.82, 2.24) is 4.90 Å². The molecule has 1 fully saturated rings. The van der Waals surface area contributed by atoms with Crippen molar-refractivity contribution in [3.63, 3.8) is 0 Å². The van der Waals surface area contributed by atoms with Crippen LogP contribution in [0.3, 0.4) is 0 Å². The highest BCUT2D eigenvalue weighted by molar-refractivity contribution is 4.87. The zero-order valence-electron chi connectivity index (χ0n) is 14.3. The fourth-order valence-electron chi connectivity index (χ4n) is 3.78. The normalized spacial score (nSPS) is 37.3. The van der Waals surface area contributed by atoms with Gasteiger partial charge in [0.2, 0.25) is 0 Å². The maximum atomic E-state index is 2.81. The van der Waals surface area contributed by atoms with E-state index in [1.807, 2.05) is 0 Å². The van der Waals surface area contributed by atoms with Crippen LogP contribution in [-0.4, -0.2) is 23.5 Å². The minimum atomic E-state index is 0.751. The van der Waals surface area contributed by atoms with E-state index < -0.39 is 0 Å². The van der Waals surface area contributed by atoms with Crippen LogP contribution in [0.2, 0.25) is 0 Å². The van der Waals surface area contributed by atoms with E-state index >= 15 is 0 Å². The van der Waals surface area contributed by atoms with Gasteiger partial charge in [-0.15, -0.1) is 0 Å². The van der Waals surface area contributed by atoms with Crippen molar-refractivity contribution in [3.05, 3.63) is 0 Å². The van der Waals surface area contributed by atoms with E-state index in [1.165, 1.54) is 45.1 Å². The molecule has 0 aromatic heterocycles. The molecule has 0 amide bonds. The van der Waals surface area contributed by atoms with Crippen LogP contribution in [0.1, 0.15) is 80.1 Å². The minimum absolute atomic E-state index is 0.751. The molecule has 0 bridgehead atoms. The summed E-state index contributed by atoms with van der Waals surface area (Å²) in [6.45, 7) is 15.9. The van der Waals surface area contributed by atoms with Crippen LogP contribution < -0.4 is 0 Å². The molecule has 0 aliphatic carbocycles. The standard InChI is InChI=1S/C18H37N/c1-7-8-9-10-11-12-19-17(5)15(3)13-14(2)16(4)18(19)6/h14-18H,7-13H2,1-6H3. The Hall–Kier alpha value is -0.0400. The number of hydrogen-bond acceptors (Lipinski definition) is 1. The second-order valence-corrected chi connectivity index (χ2v) is 7.18. The van der Waals surface area contributed by atoms with Crippen molar-refractivity contribution < 1.29 is 0 Å². The first-order valence-corrected chi connectivity index (χ1v) is 8.74.